The molecular formula is C20H29N3O2. The van der Waals surface area contributed by atoms with Gasteiger partial charge in [-0.3, -0.25) is 9.69 Å². The lowest BCUT2D eigenvalue weighted by Gasteiger charge is -2.39. The average molecular weight is 343 g/mol. The van der Waals surface area contributed by atoms with Gasteiger partial charge in [-0.15, -0.1) is 0 Å². The summed E-state index contributed by atoms with van der Waals surface area (Å²) in [7, 11) is 0. The normalized spacial score (nSPS) is 31.2. The number of nitrogens with one attached hydrogen (secondary N) is 1. The van der Waals surface area contributed by atoms with Crippen LogP contribution in [0.3, 0.4) is 0 Å². The van der Waals surface area contributed by atoms with Crippen LogP contribution in [0.25, 0.3) is 0 Å². The Morgan fingerprint density at radius 3 is 2.88 bits per heavy atom. The van der Waals surface area contributed by atoms with Crippen LogP contribution in [0.4, 0.5) is 0 Å². The van der Waals surface area contributed by atoms with Crippen molar-refractivity contribution in [3.8, 4) is 0 Å². The highest BCUT2D eigenvalue weighted by Crippen LogP contribution is 2.36. The van der Waals surface area contributed by atoms with Crippen LogP contribution in [-0.2, 0) is 17.8 Å². The fraction of sp³-hybridized carbons (Fsp3) is 0.750. The predicted molar refractivity (Wildman–Crippen MR) is 96.8 cm³/mol. The Hall–Kier alpha value is -1.17. The van der Waals surface area contributed by atoms with E-state index in [0.29, 0.717) is 11.8 Å². The molecule has 0 radical (unpaired) electrons. The largest absolute Gasteiger partial charge is 0.375 e. The van der Waals surface area contributed by atoms with E-state index in [-0.39, 0.29) is 11.2 Å². The summed E-state index contributed by atoms with van der Waals surface area (Å²) in [6.45, 7) is 6.80. The van der Waals surface area contributed by atoms with Crippen molar-refractivity contribution in [2.24, 2.45) is 5.92 Å². The van der Waals surface area contributed by atoms with Crippen molar-refractivity contribution in [1.29, 1.82) is 0 Å². The van der Waals surface area contributed by atoms with E-state index in [2.05, 4.69) is 26.9 Å². The van der Waals surface area contributed by atoms with Crippen LogP contribution in [0.15, 0.2) is 16.9 Å². The maximum Gasteiger partial charge on any atom is 0.255 e. The van der Waals surface area contributed by atoms with Gasteiger partial charge in [0, 0.05) is 56.5 Å². The van der Waals surface area contributed by atoms with E-state index >= 15 is 0 Å². The molecule has 5 heterocycles. The van der Waals surface area contributed by atoms with Gasteiger partial charge < -0.3 is 14.6 Å². The predicted octanol–water partition coefficient (Wildman–Crippen LogP) is 1.70. The van der Waals surface area contributed by atoms with Crippen LogP contribution in [0.5, 0.6) is 0 Å². The molecule has 3 saturated heterocycles. The molecule has 5 rings (SSSR count). The van der Waals surface area contributed by atoms with Crippen LogP contribution in [-0.4, -0.2) is 47.9 Å². The quantitative estimate of drug-likeness (QED) is 0.888. The van der Waals surface area contributed by atoms with E-state index in [0.717, 1.165) is 64.3 Å². The summed E-state index contributed by atoms with van der Waals surface area (Å²) in [5.41, 5.74) is 2.63. The van der Waals surface area contributed by atoms with Crippen LogP contribution >= 0.6 is 0 Å². The molecule has 5 nitrogen and oxygen atoms in total. The van der Waals surface area contributed by atoms with E-state index in [4.69, 9.17) is 4.74 Å². The molecule has 4 aliphatic heterocycles. The van der Waals surface area contributed by atoms with Crippen molar-refractivity contribution < 1.29 is 4.74 Å². The molecule has 0 unspecified atom stereocenters. The molecule has 136 valence electrons. The second kappa shape index (κ2) is 6.22. The molecule has 25 heavy (non-hydrogen) atoms. The van der Waals surface area contributed by atoms with Gasteiger partial charge in [0.2, 0.25) is 0 Å². The molecule has 1 spiro atoms. The van der Waals surface area contributed by atoms with Crippen molar-refractivity contribution in [1.82, 2.24) is 14.8 Å². The number of pyridine rings is 1. The SMILES string of the molecule is O=c1c(CN2CCC3(CCCO3)CC2)ccc2n1C[C@@H]1CNC[C@H]2C1. The Morgan fingerprint density at radius 2 is 2.08 bits per heavy atom. The molecule has 1 aromatic rings. The van der Waals surface area contributed by atoms with Gasteiger partial charge in [0.15, 0.2) is 0 Å². The fourth-order valence-electron chi connectivity index (χ4n) is 5.47. The van der Waals surface area contributed by atoms with Crippen LogP contribution < -0.4 is 10.9 Å². The molecule has 0 saturated carbocycles. The first-order chi connectivity index (χ1) is 12.2. The summed E-state index contributed by atoms with van der Waals surface area (Å²) in [4.78, 5) is 15.5. The molecule has 0 aromatic carbocycles. The first-order valence-electron chi connectivity index (χ1n) is 10.0. The van der Waals surface area contributed by atoms with Crippen molar-refractivity contribution in [3.05, 3.63) is 33.7 Å². The highest BCUT2D eigenvalue weighted by atomic mass is 16.5. The average Bonchev–Trinajstić information content (AvgIpc) is 3.08. The van der Waals surface area contributed by atoms with E-state index in [1.54, 1.807) is 0 Å². The monoisotopic (exact) mass is 343 g/mol. The third-order valence-electron chi connectivity index (χ3n) is 6.93. The van der Waals surface area contributed by atoms with Gasteiger partial charge in [-0.05, 0) is 50.6 Å². The lowest BCUT2D eigenvalue weighted by molar-refractivity contribution is -0.0448. The third kappa shape index (κ3) is 2.86. The number of fused-ring (bicyclic) bond motifs is 4. The minimum Gasteiger partial charge on any atom is -0.375 e. The number of hydrogen-bond acceptors (Lipinski definition) is 4. The Morgan fingerprint density at radius 1 is 1.20 bits per heavy atom. The lowest BCUT2D eigenvalue weighted by Crippen LogP contribution is -2.46. The van der Waals surface area contributed by atoms with Crippen molar-refractivity contribution in [2.45, 2.75) is 56.7 Å². The summed E-state index contributed by atoms with van der Waals surface area (Å²) >= 11 is 0. The van der Waals surface area contributed by atoms with Crippen LogP contribution in [0.2, 0.25) is 0 Å². The molecule has 0 amide bonds. The Bertz CT molecular complexity index is 697. The minimum atomic E-state index is 0.159. The Kier molecular flexibility index (Phi) is 3.99. The lowest BCUT2D eigenvalue weighted by atomic mass is 9.84. The van der Waals surface area contributed by atoms with E-state index in [1.807, 2.05) is 0 Å². The molecule has 3 fully saturated rings. The molecule has 5 heteroatoms. The molecule has 2 atom stereocenters. The van der Waals surface area contributed by atoms with Gasteiger partial charge in [-0.25, -0.2) is 0 Å². The molecule has 2 bridgehead atoms. The van der Waals surface area contributed by atoms with Crippen LogP contribution in [0.1, 0.15) is 49.3 Å². The number of aromatic nitrogens is 1. The van der Waals surface area contributed by atoms with E-state index in [9.17, 15) is 4.79 Å². The second-order valence-corrected chi connectivity index (χ2v) is 8.57. The highest BCUT2D eigenvalue weighted by Gasteiger charge is 2.38. The summed E-state index contributed by atoms with van der Waals surface area (Å²) in [6.07, 6.45) is 5.91. The topological polar surface area (TPSA) is 46.5 Å². The van der Waals surface area contributed by atoms with Gasteiger partial charge in [-0.1, -0.05) is 6.07 Å². The van der Waals surface area contributed by atoms with Crippen LogP contribution in [0, 0.1) is 5.92 Å². The third-order valence-corrected chi connectivity index (χ3v) is 6.93. The first kappa shape index (κ1) is 16.0. The molecule has 4 aliphatic rings. The number of nitrogens with zero attached hydrogens (tertiary/aromatic N) is 2. The number of likely N-dealkylation sites (tertiary alicyclic amines) is 1. The zero-order valence-corrected chi connectivity index (χ0v) is 15.0. The van der Waals surface area contributed by atoms with Gasteiger partial charge in [0.05, 0.1) is 5.60 Å². The highest BCUT2D eigenvalue weighted by molar-refractivity contribution is 5.22. The summed E-state index contributed by atoms with van der Waals surface area (Å²) in [5, 5.41) is 3.52. The van der Waals surface area contributed by atoms with Crippen molar-refractivity contribution in [2.75, 3.05) is 32.8 Å². The smallest absolute Gasteiger partial charge is 0.255 e. The Labute approximate surface area is 149 Å². The summed E-state index contributed by atoms with van der Waals surface area (Å²) < 4.78 is 8.11. The number of ether oxygens (including phenoxy) is 1. The maximum atomic E-state index is 13.1. The summed E-state index contributed by atoms with van der Waals surface area (Å²) in [5.74, 6) is 1.14. The van der Waals surface area contributed by atoms with Crippen molar-refractivity contribution in [3.63, 3.8) is 0 Å². The second-order valence-electron chi connectivity index (χ2n) is 8.57. The number of rotatable bonds is 2. The van der Waals surface area contributed by atoms with E-state index in [1.165, 1.54) is 25.0 Å². The Balaban J connectivity index is 1.32. The molecular weight excluding hydrogens is 314 g/mol. The summed E-state index contributed by atoms with van der Waals surface area (Å²) in [6, 6.07) is 4.32. The maximum absolute atomic E-state index is 13.1. The zero-order valence-electron chi connectivity index (χ0n) is 15.0. The van der Waals surface area contributed by atoms with Gasteiger partial charge in [0.1, 0.15) is 0 Å². The molecule has 1 aromatic heterocycles. The van der Waals surface area contributed by atoms with Crippen molar-refractivity contribution >= 4 is 0 Å². The number of hydrogen-bond donors (Lipinski definition) is 1. The molecule has 0 aliphatic carbocycles. The van der Waals surface area contributed by atoms with Gasteiger partial charge in [0.25, 0.3) is 5.56 Å². The van der Waals surface area contributed by atoms with E-state index < -0.39 is 0 Å². The zero-order chi connectivity index (χ0) is 16.9. The molecule has 1 N–H and O–H groups in total. The first-order valence-corrected chi connectivity index (χ1v) is 10.0. The fourth-order valence-corrected chi connectivity index (χ4v) is 5.47. The van der Waals surface area contributed by atoms with Gasteiger partial charge >= 0.3 is 0 Å². The standard InChI is InChI=1S/C20H29N3O2/c24-19-16(14-22-7-5-20(6-8-22)4-1-9-25-20)2-3-18-17-10-15(11-21-12-17)13-23(18)19/h2-3,15,17,21H,1,4-14H2/t15-,17+/m0/s1. The van der Waals surface area contributed by atoms with Gasteiger partial charge in [-0.2, -0.15) is 0 Å². The number of piperidine rings is 2. The minimum absolute atomic E-state index is 0.159.